The molecule has 5 nitrogen and oxygen atoms in total. The second-order valence-corrected chi connectivity index (χ2v) is 1.88. The van der Waals surface area contributed by atoms with E-state index in [-0.39, 0.29) is 17.1 Å². The monoisotopic (exact) mass is 198 g/mol. The molecule has 0 saturated carbocycles. The van der Waals surface area contributed by atoms with Crippen molar-refractivity contribution < 1.29 is 17.1 Å². The Morgan fingerprint density at radius 3 is 2.91 bits per heavy atom. The molecular weight excluding hydrogens is 194 g/mol. The molecule has 0 fully saturated rings. The molecule has 0 bridgehead atoms. The van der Waals surface area contributed by atoms with Gasteiger partial charge in [-0.05, 0) is 0 Å². The molecule has 0 aliphatic carbocycles. The van der Waals surface area contributed by atoms with Gasteiger partial charge in [0.05, 0.1) is 6.20 Å². The molecule has 6 heteroatoms. The Kier molecular flexibility index (Phi) is 2.07. The Hall–Kier alpha value is -1.13. The second-order valence-electron chi connectivity index (χ2n) is 1.88. The molecule has 2 N–H and O–H groups in total. The van der Waals surface area contributed by atoms with Gasteiger partial charge in [0.1, 0.15) is 18.2 Å². The second kappa shape index (κ2) is 2.86. The van der Waals surface area contributed by atoms with Gasteiger partial charge in [-0.25, -0.2) is 19.6 Å². The van der Waals surface area contributed by atoms with Crippen LogP contribution in [-0.2, 0) is 17.1 Å². The molecule has 2 aromatic rings. The van der Waals surface area contributed by atoms with Crippen molar-refractivity contribution in [3.63, 3.8) is 0 Å². The number of hydrogen-bond acceptors (Lipinski definition) is 4. The Morgan fingerprint density at radius 2 is 2.18 bits per heavy atom. The fourth-order valence-electron chi connectivity index (χ4n) is 0.785. The van der Waals surface area contributed by atoms with Crippen molar-refractivity contribution in [1.82, 2.24) is 19.6 Å². The molecule has 61 valence electrons. The minimum atomic E-state index is 0. The van der Waals surface area contributed by atoms with Crippen LogP contribution in [0.4, 0.5) is 0 Å². The molecule has 0 aliphatic heterocycles. The number of imidazole rings is 1. The van der Waals surface area contributed by atoms with Gasteiger partial charge in [0.25, 0.3) is 0 Å². The van der Waals surface area contributed by atoms with Gasteiger partial charge in [-0.1, -0.05) is 0 Å². The molecule has 11 heavy (non-hydrogen) atoms. The van der Waals surface area contributed by atoms with Crippen molar-refractivity contribution in [3.8, 4) is 0 Å². The normalized spacial score (nSPS) is 9.45. The van der Waals surface area contributed by atoms with Crippen LogP contribution in [0, 0.1) is 0 Å². The van der Waals surface area contributed by atoms with Crippen LogP contribution >= 0.6 is 0 Å². The zero-order valence-corrected chi connectivity index (χ0v) is 6.34. The van der Waals surface area contributed by atoms with Crippen molar-refractivity contribution in [2.45, 2.75) is 0 Å². The zero-order valence-electron chi connectivity index (χ0n) is 5.40. The summed E-state index contributed by atoms with van der Waals surface area (Å²) in [6.07, 6.45) is 4.55. The van der Waals surface area contributed by atoms with E-state index >= 15 is 0 Å². The van der Waals surface area contributed by atoms with Crippen LogP contribution in [0.2, 0.25) is 0 Å². The van der Waals surface area contributed by atoms with Crippen LogP contribution in [0.25, 0.3) is 11.2 Å². The SMILES string of the molecule is Nn1cnc2cncnc21.[Cu]. The van der Waals surface area contributed by atoms with Gasteiger partial charge in [0.15, 0.2) is 5.65 Å². The third-order valence-corrected chi connectivity index (χ3v) is 1.24. The van der Waals surface area contributed by atoms with Crippen LogP contribution < -0.4 is 5.84 Å². The zero-order chi connectivity index (χ0) is 6.97. The van der Waals surface area contributed by atoms with Crippen LogP contribution in [0.5, 0.6) is 0 Å². The Labute approximate surface area is 73.1 Å². The Morgan fingerprint density at radius 1 is 1.36 bits per heavy atom. The average molecular weight is 199 g/mol. The maximum atomic E-state index is 5.44. The van der Waals surface area contributed by atoms with E-state index in [1.54, 1.807) is 6.20 Å². The minimum Gasteiger partial charge on any atom is -0.336 e. The first-order chi connectivity index (χ1) is 4.88. The summed E-state index contributed by atoms with van der Waals surface area (Å²) < 4.78 is 1.36. The number of rotatable bonds is 0. The van der Waals surface area contributed by atoms with E-state index in [0.29, 0.717) is 11.2 Å². The predicted molar refractivity (Wildman–Crippen MR) is 35.5 cm³/mol. The first-order valence-electron chi connectivity index (χ1n) is 2.76. The Bertz CT molecular complexity index is 356. The number of nitrogen functional groups attached to an aromatic ring is 1. The van der Waals surface area contributed by atoms with Crippen molar-refractivity contribution in [3.05, 3.63) is 18.9 Å². The summed E-state index contributed by atoms with van der Waals surface area (Å²) in [6.45, 7) is 0. The third kappa shape index (κ3) is 1.18. The van der Waals surface area contributed by atoms with Crippen molar-refractivity contribution in [2.24, 2.45) is 0 Å². The van der Waals surface area contributed by atoms with Gasteiger partial charge < -0.3 is 5.84 Å². The maximum absolute atomic E-state index is 5.44. The van der Waals surface area contributed by atoms with E-state index in [2.05, 4.69) is 15.0 Å². The first kappa shape index (κ1) is 7.97. The summed E-state index contributed by atoms with van der Waals surface area (Å²) in [5.74, 6) is 5.44. The van der Waals surface area contributed by atoms with Gasteiger partial charge in [0, 0.05) is 17.1 Å². The number of nitrogens with zero attached hydrogens (tertiary/aromatic N) is 4. The number of hydrogen-bond donors (Lipinski definition) is 1. The van der Waals surface area contributed by atoms with Gasteiger partial charge in [-0.2, -0.15) is 0 Å². The quantitative estimate of drug-likeness (QED) is 0.460. The summed E-state index contributed by atoms with van der Waals surface area (Å²) in [5, 5.41) is 0. The topological polar surface area (TPSA) is 69.6 Å². The number of fused-ring (bicyclic) bond motifs is 1. The van der Waals surface area contributed by atoms with E-state index in [1.807, 2.05) is 0 Å². The molecule has 2 heterocycles. The minimum absolute atomic E-state index is 0. The molecule has 2 rings (SSSR count). The van der Waals surface area contributed by atoms with E-state index in [9.17, 15) is 0 Å². The summed E-state index contributed by atoms with van der Waals surface area (Å²) in [4.78, 5) is 11.6. The molecule has 0 atom stereocenters. The van der Waals surface area contributed by atoms with Gasteiger partial charge in [-0.15, -0.1) is 0 Å². The van der Waals surface area contributed by atoms with Crippen molar-refractivity contribution >= 4 is 11.2 Å². The van der Waals surface area contributed by atoms with E-state index in [4.69, 9.17) is 5.84 Å². The van der Waals surface area contributed by atoms with Crippen molar-refractivity contribution in [2.75, 3.05) is 5.84 Å². The van der Waals surface area contributed by atoms with Crippen LogP contribution in [0.3, 0.4) is 0 Å². The smallest absolute Gasteiger partial charge is 0.181 e. The molecule has 0 saturated heterocycles. The van der Waals surface area contributed by atoms with Crippen LogP contribution in [-0.4, -0.2) is 19.6 Å². The van der Waals surface area contributed by atoms with Crippen molar-refractivity contribution in [1.29, 1.82) is 0 Å². The van der Waals surface area contributed by atoms with Crippen LogP contribution in [0.15, 0.2) is 18.9 Å². The van der Waals surface area contributed by atoms with Gasteiger partial charge >= 0.3 is 0 Å². The molecule has 2 aromatic heterocycles. The molecular formula is C5H5CuN5. The number of nitrogens with two attached hydrogens (primary N) is 1. The summed E-state index contributed by atoms with van der Waals surface area (Å²) >= 11 is 0. The first-order valence-corrected chi connectivity index (χ1v) is 2.76. The molecule has 0 aliphatic rings. The summed E-state index contributed by atoms with van der Waals surface area (Å²) in [7, 11) is 0. The molecule has 0 spiro atoms. The third-order valence-electron chi connectivity index (χ3n) is 1.24. The van der Waals surface area contributed by atoms with Crippen LogP contribution in [0.1, 0.15) is 0 Å². The van der Waals surface area contributed by atoms with E-state index in [0.717, 1.165) is 0 Å². The molecule has 0 aromatic carbocycles. The average Bonchev–Trinajstić information content (AvgIpc) is 2.34. The number of aromatic nitrogens is 4. The molecule has 1 radical (unpaired) electrons. The standard InChI is InChI=1S/C5H5N5.Cu/c6-10-3-9-4-1-7-2-8-5(4)10;/h1-3H,6H2;. The summed E-state index contributed by atoms with van der Waals surface area (Å²) in [6, 6.07) is 0. The maximum Gasteiger partial charge on any atom is 0.181 e. The largest absolute Gasteiger partial charge is 0.336 e. The van der Waals surface area contributed by atoms with E-state index < -0.39 is 0 Å². The Balaban J connectivity index is 0.000000605. The molecule has 0 unspecified atom stereocenters. The predicted octanol–water partition coefficient (Wildman–Crippen LogP) is -0.462. The van der Waals surface area contributed by atoms with Gasteiger partial charge in [0.2, 0.25) is 0 Å². The van der Waals surface area contributed by atoms with E-state index in [1.165, 1.54) is 17.3 Å². The molecule has 0 amide bonds. The summed E-state index contributed by atoms with van der Waals surface area (Å²) in [5.41, 5.74) is 1.36. The van der Waals surface area contributed by atoms with Gasteiger partial charge in [-0.3, -0.25) is 0 Å². The fourth-order valence-corrected chi connectivity index (χ4v) is 0.785. The fraction of sp³-hybridized carbons (Fsp3) is 0.